The number of nitrogens with one attached hydrogen (secondary N) is 1. The molecule has 2 aromatic rings. The fourth-order valence-electron chi connectivity index (χ4n) is 2.08. The van der Waals surface area contributed by atoms with Crippen molar-refractivity contribution in [3.63, 3.8) is 0 Å². The molecule has 0 saturated carbocycles. The molecule has 0 radical (unpaired) electrons. The van der Waals surface area contributed by atoms with Crippen LogP contribution in [0.3, 0.4) is 0 Å². The Bertz CT molecular complexity index is 595. The summed E-state index contributed by atoms with van der Waals surface area (Å²) >= 11 is 1.62. The van der Waals surface area contributed by atoms with Crippen LogP contribution in [0.5, 0.6) is 0 Å². The normalized spacial score (nSPS) is 12.2. The van der Waals surface area contributed by atoms with E-state index in [4.69, 9.17) is 0 Å². The first-order chi connectivity index (χ1) is 10.8. The third-order valence-electron chi connectivity index (χ3n) is 3.23. The molecule has 0 saturated heterocycles. The monoisotopic (exact) mass is 311 g/mol. The van der Waals surface area contributed by atoms with Crippen LogP contribution in [0.1, 0.15) is 24.1 Å². The lowest BCUT2D eigenvalue weighted by atomic mass is 10.1. The lowest BCUT2D eigenvalue weighted by Crippen LogP contribution is -2.28. The van der Waals surface area contributed by atoms with E-state index >= 15 is 0 Å². The molecule has 0 aliphatic rings. The van der Waals surface area contributed by atoms with Gasteiger partial charge in [0.25, 0.3) is 0 Å². The molecule has 0 fully saturated rings. The number of amides is 1. The van der Waals surface area contributed by atoms with Crippen molar-refractivity contribution in [2.45, 2.75) is 13.0 Å². The quantitative estimate of drug-likeness (QED) is 0.772. The van der Waals surface area contributed by atoms with Crippen LogP contribution in [-0.4, -0.2) is 17.4 Å². The number of hydrogen-bond donors (Lipinski definition) is 1. The second-order valence-corrected chi connectivity index (χ2v) is 6.06. The Labute approximate surface area is 136 Å². The van der Waals surface area contributed by atoms with Gasteiger partial charge in [-0.2, -0.15) is 0 Å². The molecule has 0 aliphatic heterocycles. The predicted octanol–water partition coefficient (Wildman–Crippen LogP) is 4.31. The highest BCUT2D eigenvalue weighted by molar-refractivity contribution is 8.00. The average molecular weight is 311 g/mol. The van der Waals surface area contributed by atoms with Crippen molar-refractivity contribution in [3.05, 3.63) is 77.9 Å². The maximum Gasteiger partial charge on any atom is 0.230 e. The van der Waals surface area contributed by atoms with Gasteiger partial charge in [0.05, 0.1) is 11.8 Å². The molecule has 2 aromatic carbocycles. The minimum Gasteiger partial charge on any atom is -0.349 e. The first kappa shape index (κ1) is 16.4. The van der Waals surface area contributed by atoms with Gasteiger partial charge in [-0.05, 0) is 18.1 Å². The lowest BCUT2D eigenvalue weighted by Gasteiger charge is -2.13. The molecular formula is C19H21NOS. The van der Waals surface area contributed by atoms with Gasteiger partial charge < -0.3 is 5.32 Å². The van der Waals surface area contributed by atoms with Gasteiger partial charge in [-0.3, -0.25) is 4.79 Å². The summed E-state index contributed by atoms with van der Waals surface area (Å²) in [6.45, 7) is 2.01. The van der Waals surface area contributed by atoms with E-state index in [1.54, 1.807) is 11.8 Å². The second-order valence-electron chi connectivity index (χ2n) is 5.03. The second kappa shape index (κ2) is 9.11. The Balaban J connectivity index is 1.67. The van der Waals surface area contributed by atoms with Crippen LogP contribution in [0, 0.1) is 0 Å². The van der Waals surface area contributed by atoms with Crippen LogP contribution in [0.25, 0.3) is 6.08 Å². The summed E-state index contributed by atoms with van der Waals surface area (Å²) in [5.41, 5.74) is 2.31. The molecule has 1 amide bonds. The van der Waals surface area contributed by atoms with E-state index in [1.165, 1.54) is 5.56 Å². The molecule has 0 aliphatic carbocycles. The SMILES string of the molecule is C[C@@H](NC(=O)CSC/C=C/c1ccccc1)c1ccccc1. The lowest BCUT2D eigenvalue weighted by molar-refractivity contribution is -0.119. The standard InChI is InChI=1S/C19H21NOS/c1-16(18-12-6-3-7-13-18)20-19(21)15-22-14-8-11-17-9-4-2-5-10-17/h2-13,16H,14-15H2,1H3,(H,20,21)/b11-8+/t16-/m1/s1. The van der Waals surface area contributed by atoms with Crippen LogP contribution in [0.4, 0.5) is 0 Å². The van der Waals surface area contributed by atoms with Crippen molar-refractivity contribution in [1.29, 1.82) is 0 Å². The Morgan fingerprint density at radius 3 is 2.41 bits per heavy atom. The molecule has 1 N–H and O–H groups in total. The topological polar surface area (TPSA) is 29.1 Å². The Hall–Kier alpha value is -2.00. The molecule has 2 nitrogen and oxygen atoms in total. The first-order valence-corrected chi connectivity index (χ1v) is 8.55. The minimum atomic E-state index is 0.0501. The van der Waals surface area contributed by atoms with Gasteiger partial charge in [0, 0.05) is 5.75 Å². The summed E-state index contributed by atoms with van der Waals surface area (Å²) < 4.78 is 0. The summed E-state index contributed by atoms with van der Waals surface area (Å²) in [4.78, 5) is 11.9. The summed E-state index contributed by atoms with van der Waals surface area (Å²) in [5.74, 6) is 1.40. The van der Waals surface area contributed by atoms with Crippen LogP contribution in [0.15, 0.2) is 66.7 Å². The largest absolute Gasteiger partial charge is 0.349 e. The minimum absolute atomic E-state index is 0.0501. The highest BCUT2D eigenvalue weighted by atomic mass is 32.2. The van der Waals surface area contributed by atoms with Gasteiger partial charge in [-0.1, -0.05) is 72.8 Å². The van der Waals surface area contributed by atoms with Crippen molar-refractivity contribution in [2.24, 2.45) is 0 Å². The smallest absolute Gasteiger partial charge is 0.230 e. The van der Waals surface area contributed by atoms with E-state index in [2.05, 4.69) is 29.6 Å². The molecule has 3 heteroatoms. The van der Waals surface area contributed by atoms with E-state index in [-0.39, 0.29) is 11.9 Å². The summed E-state index contributed by atoms with van der Waals surface area (Å²) in [7, 11) is 0. The van der Waals surface area contributed by atoms with Crippen LogP contribution >= 0.6 is 11.8 Å². The molecule has 0 heterocycles. The number of carbonyl (C=O) groups excluding carboxylic acids is 1. The van der Waals surface area contributed by atoms with Crippen molar-refractivity contribution >= 4 is 23.7 Å². The summed E-state index contributed by atoms with van der Waals surface area (Å²) in [5, 5.41) is 3.02. The third kappa shape index (κ3) is 5.78. The van der Waals surface area contributed by atoms with E-state index in [0.717, 1.165) is 11.3 Å². The molecule has 0 aromatic heterocycles. The maximum atomic E-state index is 11.9. The van der Waals surface area contributed by atoms with Gasteiger partial charge >= 0.3 is 0 Å². The molecule has 0 bridgehead atoms. The van der Waals surface area contributed by atoms with E-state index in [1.807, 2.05) is 55.5 Å². The predicted molar refractivity (Wildman–Crippen MR) is 95.8 cm³/mol. The Morgan fingerprint density at radius 2 is 1.73 bits per heavy atom. The highest BCUT2D eigenvalue weighted by Crippen LogP contribution is 2.11. The van der Waals surface area contributed by atoms with Crippen molar-refractivity contribution < 1.29 is 4.79 Å². The molecule has 114 valence electrons. The Morgan fingerprint density at radius 1 is 1.09 bits per heavy atom. The fourth-order valence-corrected chi connectivity index (χ4v) is 2.70. The number of hydrogen-bond acceptors (Lipinski definition) is 2. The molecule has 1 atom stereocenters. The zero-order valence-corrected chi connectivity index (χ0v) is 13.6. The van der Waals surface area contributed by atoms with Crippen LogP contribution in [0.2, 0.25) is 0 Å². The zero-order valence-electron chi connectivity index (χ0n) is 12.7. The molecule has 2 rings (SSSR count). The number of thioether (sulfide) groups is 1. The number of rotatable bonds is 7. The van der Waals surface area contributed by atoms with Crippen LogP contribution in [-0.2, 0) is 4.79 Å². The molecule has 22 heavy (non-hydrogen) atoms. The van der Waals surface area contributed by atoms with E-state index < -0.39 is 0 Å². The van der Waals surface area contributed by atoms with Gasteiger partial charge in [-0.15, -0.1) is 11.8 Å². The summed E-state index contributed by atoms with van der Waals surface area (Å²) in [6.07, 6.45) is 4.17. The van der Waals surface area contributed by atoms with Gasteiger partial charge in [0.15, 0.2) is 0 Å². The van der Waals surface area contributed by atoms with Crippen LogP contribution < -0.4 is 5.32 Å². The highest BCUT2D eigenvalue weighted by Gasteiger charge is 2.08. The molecule has 0 spiro atoms. The molecule has 0 unspecified atom stereocenters. The third-order valence-corrected chi connectivity index (χ3v) is 4.13. The van der Waals surface area contributed by atoms with Gasteiger partial charge in [-0.25, -0.2) is 0 Å². The fraction of sp³-hybridized carbons (Fsp3) is 0.211. The van der Waals surface area contributed by atoms with E-state index in [9.17, 15) is 4.79 Å². The van der Waals surface area contributed by atoms with Crippen molar-refractivity contribution in [2.75, 3.05) is 11.5 Å². The zero-order chi connectivity index (χ0) is 15.6. The van der Waals surface area contributed by atoms with Crippen molar-refractivity contribution in [3.8, 4) is 0 Å². The Kier molecular flexibility index (Phi) is 6.78. The van der Waals surface area contributed by atoms with Crippen molar-refractivity contribution in [1.82, 2.24) is 5.32 Å². The van der Waals surface area contributed by atoms with E-state index in [0.29, 0.717) is 5.75 Å². The number of carbonyl (C=O) groups is 1. The first-order valence-electron chi connectivity index (χ1n) is 7.39. The number of benzene rings is 2. The average Bonchev–Trinajstić information content (AvgIpc) is 2.56. The van der Waals surface area contributed by atoms with Gasteiger partial charge in [0.1, 0.15) is 0 Å². The summed E-state index contributed by atoms with van der Waals surface area (Å²) in [6, 6.07) is 20.2. The molecular weight excluding hydrogens is 290 g/mol. The maximum absolute atomic E-state index is 11.9. The van der Waals surface area contributed by atoms with Gasteiger partial charge in [0.2, 0.25) is 5.91 Å².